The fourth-order valence-electron chi connectivity index (χ4n) is 1.54. The molecule has 0 aromatic carbocycles. The van der Waals surface area contributed by atoms with Crippen molar-refractivity contribution in [2.75, 3.05) is 13.2 Å². The normalized spacial score (nSPS) is 15.1. The van der Waals surface area contributed by atoms with Crippen molar-refractivity contribution < 1.29 is 33.4 Å². The molecule has 1 fully saturated rings. The predicted octanol–water partition coefficient (Wildman–Crippen LogP) is -0.801. The van der Waals surface area contributed by atoms with Gasteiger partial charge in [-0.05, 0) is 26.1 Å². The molecule has 23 heavy (non-hydrogen) atoms. The van der Waals surface area contributed by atoms with Gasteiger partial charge in [-0.25, -0.2) is 9.59 Å². The molecule has 0 aromatic heterocycles. The number of Topliss-reactive ketones (excluding diaryl/α,β-unsaturated/α-hetero) is 1. The van der Waals surface area contributed by atoms with Crippen molar-refractivity contribution in [2.45, 2.75) is 20.3 Å². The SMILES string of the molecule is CCOC(=O)C(=O)/C(=C\N1C(=O)CC(=O)NC1=S)C(=O)OCC. The third kappa shape index (κ3) is 4.68. The smallest absolute Gasteiger partial charge is 0.380 e. The highest BCUT2D eigenvalue weighted by molar-refractivity contribution is 7.80. The Balaban J connectivity index is 3.17. The second-order valence-electron chi connectivity index (χ2n) is 4.11. The zero-order valence-electron chi connectivity index (χ0n) is 12.4. The summed E-state index contributed by atoms with van der Waals surface area (Å²) in [6.07, 6.45) is 0.252. The maximum Gasteiger partial charge on any atom is 0.380 e. The first-order valence-electron chi connectivity index (χ1n) is 6.58. The summed E-state index contributed by atoms with van der Waals surface area (Å²) in [6, 6.07) is 0. The molecular formula is C13H14N2O7S. The Bertz CT molecular complexity index is 591. The highest BCUT2D eigenvalue weighted by atomic mass is 32.1. The lowest BCUT2D eigenvalue weighted by atomic mass is 10.1. The van der Waals surface area contributed by atoms with Crippen LogP contribution in [0.3, 0.4) is 0 Å². The van der Waals surface area contributed by atoms with Gasteiger partial charge < -0.3 is 14.8 Å². The molecule has 0 saturated carbocycles. The number of nitrogens with zero attached hydrogens (tertiary/aromatic N) is 1. The van der Waals surface area contributed by atoms with Gasteiger partial charge in [-0.2, -0.15) is 0 Å². The summed E-state index contributed by atoms with van der Waals surface area (Å²) in [5.74, 6) is -5.03. The van der Waals surface area contributed by atoms with E-state index < -0.39 is 41.5 Å². The summed E-state index contributed by atoms with van der Waals surface area (Å²) in [5.41, 5.74) is -0.725. The van der Waals surface area contributed by atoms with E-state index in [4.69, 9.17) is 12.2 Å². The van der Waals surface area contributed by atoms with E-state index in [0.717, 1.165) is 11.1 Å². The average molecular weight is 342 g/mol. The van der Waals surface area contributed by atoms with Crippen LogP contribution in [0.1, 0.15) is 20.3 Å². The van der Waals surface area contributed by atoms with E-state index >= 15 is 0 Å². The van der Waals surface area contributed by atoms with Crippen molar-refractivity contribution in [2.24, 2.45) is 0 Å². The Morgan fingerprint density at radius 2 is 1.74 bits per heavy atom. The summed E-state index contributed by atoms with van der Waals surface area (Å²) < 4.78 is 9.21. The molecule has 1 aliphatic heterocycles. The van der Waals surface area contributed by atoms with Gasteiger partial charge in [0.15, 0.2) is 5.11 Å². The average Bonchev–Trinajstić information content (AvgIpc) is 2.46. The number of thiocarbonyl (C=S) groups is 1. The van der Waals surface area contributed by atoms with Crippen LogP contribution in [0.2, 0.25) is 0 Å². The standard InChI is InChI=1S/C13H14N2O7S/c1-3-21-11(19)7(10(18)12(20)22-4-2)6-15-9(17)5-8(16)14-13(15)23/h6H,3-5H2,1-2H3,(H,14,16,23)/b7-6+. The third-order valence-corrected chi connectivity index (χ3v) is 2.80. The molecule has 1 aliphatic rings. The van der Waals surface area contributed by atoms with Gasteiger partial charge in [0, 0.05) is 6.20 Å². The Morgan fingerprint density at radius 3 is 2.26 bits per heavy atom. The molecule has 0 atom stereocenters. The molecule has 1 N–H and O–H groups in total. The highest BCUT2D eigenvalue weighted by Crippen LogP contribution is 2.10. The lowest BCUT2D eigenvalue weighted by Gasteiger charge is -2.24. The van der Waals surface area contributed by atoms with Crippen LogP contribution in [0.5, 0.6) is 0 Å². The largest absolute Gasteiger partial charge is 0.462 e. The maximum atomic E-state index is 12.0. The van der Waals surface area contributed by atoms with Crippen LogP contribution in [-0.2, 0) is 33.4 Å². The molecule has 9 nitrogen and oxygen atoms in total. The van der Waals surface area contributed by atoms with E-state index in [0.29, 0.717) is 0 Å². The van der Waals surface area contributed by atoms with Crippen molar-refractivity contribution in [1.29, 1.82) is 0 Å². The molecular weight excluding hydrogens is 328 g/mol. The van der Waals surface area contributed by atoms with Crippen molar-refractivity contribution in [3.05, 3.63) is 11.8 Å². The third-order valence-electron chi connectivity index (χ3n) is 2.50. The first kappa shape index (κ1) is 18.4. The second kappa shape index (κ2) is 8.13. The molecule has 0 aromatic rings. The molecule has 0 radical (unpaired) electrons. The molecule has 1 saturated heterocycles. The topological polar surface area (TPSA) is 119 Å². The van der Waals surface area contributed by atoms with Crippen molar-refractivity contribution in [3.63, 3.8) is 0 Å². The number of rotatable bonds is 6. The van der Waals surface area contributed by atoms with Crippen molar-refractivity contribution in [3.8, 4) is 0 Å². The van der Waals surface area contributed by atoms with E-state index in [1.54, 1.807) is 0 Å². The van der Waals surface area contributed by atoms with E-state index in [9.17, 15) is 24.0 Å². The molecule has 124 valence electrons. The molecule has 0 spiro atoms. The zero-order valence-corrected chi connectivity index (χ0v) is 13.2. The van der Waals surface area contributed by atoms with Crippen LogP contribution in [0.25, 0.3) is 0 Å². The number of hydrogen-bond donors (Lipinski definition) is 1. The maximum absolute atomic E-state index is 12.0. The van der Waals surface area contributed by atoms with Gasteiger partial charge in [0.05, 0.1) is 13.2 Å². The van der Waals surface area contributed by atoms with E-state index in [1.807, 2.05) is 0 Å². The number of amides is 2. The zero-order chi connectivity index (χ0) is 17.6. The fraction of sp³-hybridized carbons (Fsp3) is 0.385. The Hall–Kier alpha value is -2.62. The quantitative estimate of drug-likeness (QED) is 0.166. The van der Waals surface area contributed by atoms with Gasteiger partial charge in [-0.15, -0.1) is 0 Å². The number of ketones is 1. The molecule has 0 aliphatic carbocycles. The van der Waals surface area contributed by atoms with Crippen LogP contribution in [0, 0.1) is 0 Å². The van der Waals surface area contributed by atoms with Crippen molar-refractivity contribution >= 4 is 46.9 Å². The van der Waals surface area contributed by atoms with Gasteiger partial charge in [0.25, 0.3) is 5.78 Å². The number of ether oxygens (including phenoxy) is 2. The minimum atomic E-state index is -1.28. The number of nitrogens with one attached hydrogen (secondary N) is 1. The molecule has 0 unspecified atom stereocenters. The Kier molecular flexibility index (Phi) is 6.51. The number of esters is 2. The van der Waals surface area contributed by atoms with Gasteiger partial charge in [-0.1, -0.05) is 0 Å². The van der Waals surface area contributed by atoms with Crippen LogP contribution < -0.4 is 5.32 Å². The monoisotopic (exact) mass is 342 g/mol. The van der Waals surface area contributed by atoms with E-state index in [2.05, 4.69) is 14.8 Å². The van der Waals surface area contributed by atoms with Gasteiger partial charge in [0.1, 0.15) is 12.0 Å². The van der Waals surface area contributed by atoms with Crippen LogP contribution in [0.4, 0.5) is 0 Å². The van der Waals surface area contributed by atoms with Gasteiger partial charge in [0.2, 0.25) is 11.8 Å². The summed E-state index contributed by atoms with van der Waals surface area (Å²) >= 11 is 4.80. The Morgan fingerprint density at radius 1 is 1.17 bits per heavy atom. The fourth-order valence-corrected chi connectivity index (χ4v) is 1.81. The highest BCUT2D eigenvalue weighted by Gasteiger charge is 2.32. The number of carbonyl (C=O) groups is 5. The minimum absolute atomic E-state index is 0.0542. The lowest BCUT2D eigenvalue weighted by Crippen LogP contribution is -2.50. The molecule has 1 rings (SSSR count). The van der Waals surface area contributed by atoms with E-state index in [-0.39, 0.29) is 18.3 Å². The van der Waals surface area contributed by atoms with Crippen molar-refractivity contribution in [1.82, 2.24) is 10.2 Å². The molecule has 10 heteroatoms. The summed E-state index contributed by atoms with van der Waals surface area (Å²) in [6.45, 7) is 2.86. The predicted molar refractivity (Wildman–Crippen MR) is 78.6 cm³/mol. The first-order valence-corrected chi connectivity index (χ1v) is 6.98. The lowest BCUT2D eigenvalue weighted by molar-refractivity contribution is -0.154. The van der Waals surface area contributed by atoms with Gasteiger partial charge in [-0.3, -0.25) is 19.3 Å². The van der Waals surface area contributed by atoms with E-state index in [1.165, 1.54) is 13.8 Å². The summed E-state index contributed by atoms with van der Waals surface area (Å²) in [7, 11) is 0. The van der Waals surface area contributed by atoms with Crippen LogP contribution >= 0.6 is 12.2 Å². The second-order valence-corrected chi connectivity index (χ2v) is 4.49. The summed E-state index contributed by atoms with van der Waals surface area (Å²) in [5, 5.41) is 1.89. The molecule has 2 amide bonds. The minimum Gasteiger partial charge on any atom is -0.462 e. The molecule has 0 bridgehead atoms. The van der Waals surface area contributed by atoms with Crippen LogP contribution in [-0.4, -0.2) is 52.8 Å². The Labute approximate surface area is 136 Å². The molecule has 1 heterocycles. The van der Waals surface area contributed by atoms with Gasteiger partial charge >= 0.3 is 11.9 Å². The number of carbonyl (C=O) groups excluding carboxylic acids is 5. The first-order chi connectivity index (χ1) is 10.8. The summed E-state index contributed by atoms with van der Waals surface area (Å²) in [4.78, 5) is 59.1. The number of hydrogen-bond acceptors (Lipinski definition) is 8. The van der Waals surface area contributed by atoms with Crippen LogP contribution in [0.15, 0.2) is 11.8 Å².